The first-order valence-corrected chi connectivity index (χ1v) is 7.60. The molecule has 25 heavy (non-hydrogen) atoms. The summed E-state index contributed by atoms with van der Waals surface area (Å²) in [6.07, 6.45) is 1.50. The Hall–Kier alpha value is -3.53. The Kier molecular flexibility index (Phi) is 5.12. The zero-order valence-electron chi connectivity index (χ0n) is 13.3. The van der Waals surface area contributed by atoms with E-state index < -0.39 is 5.91 Å². The summed E-state index contributed by atoms with van der Waals surface area (Å²) in [5.74, 6) is 1.27. The standard InChI is InChI=1S/C18H15N3O4/c19-10-14-3-1-2-4-15(14)25-12-18(22)21-20-11-13-5-6-16-17(9-13)24-8-7-23-16/h1-6,9,11H,7-8,12H2,(H,21,22)/b20-11+. The van der Waals surface area contributed by atoms with Crippen LogP contribution in [-0.4, -0.2) is 31.9 Å². The first-order chi connectivity index (χ1) is 12.3. The minimum absolute atomic E-state index is 0.239. The average Bonchev–Trinajstić information content (AvgIpc) is 2.66. The predicted molar refractivity (Wildman–Crippen MR) is 89.8 cm³/mol. The summed E-state index contributed by atoms with van der Waals surface area (Å²) in [5, 5.41) is 12.8. The lowest BCUT2D eigenvalue weighted by Crippen LogP contribution is -2.24. The molecule has 7 heteroatoms. The molecule has 1 aliphatic heterocycles. The van der Waals surface area contributed by atoms with E-state index in [0.29, 0.717) is 36.0 Å². The molecule has 0 bridgehead atoms. The number of para-hydroxylation sites is 1. The van der Waals surface area contributed by atoms with E-state index in [-0.39, 0.29) is 6.61 Å². The molecule has 0 spiro atoms. The lowest BCUT2D eigenvalue weighted by molar-refractivity contribution is -0.123. The summed E-state index contributed by atoms with van der Waals surface area (Å²) < 4.78 is 16.2. The maximum absolute atomic E-state index is 11.8. The van der Waals surface area contributed by atoms with Gasteiger partial charge in [-0.1, -0.05) is 12.1 Å². The normalized spacial score (nSPS) is 12.4. The summed E-state index contributed by atoms with van der Waals surface area (Å²) in [4.78, 5) is 11.8. The highest BCUT2D eigenvalue weighted by Crippen LogP contribution is 2.30. The highest BCUT2D eigenvalue weighted by atomic mass is 16.6. The van der Waals surface area contributed by atoms with Gasteiger partial charge in [0.2, 0.25) is 0 Å². The second kappa shape index (κ2) is 7.84. The van der Waals surface area contributed by atoms with E-state index >= 15 is 0 Å². The number of hydrazone groups is 1. The number of nitrogens with zero attached hydrogens (tertiary/aromatic N) is 2. The number of carbonyl (C=O) groups is 1. The first-order valence-electron chi connectivity index (χ1n) is 7.60. The molecular formula is C18H15N3O4. The number of hydrogen-bond donors (Lipinski definition) is 1. The van der Waals surface area contributed by atoms with E-state index in [9.17, 15) is 4.79 Å². The van der Waals surface area contributed by atoms with Gasteiger partial charge in [-0.3, -0.25) is 4.79 Å². The van der Waals surface area contributed by atoms with Gasteiger partial charge in [-0.05, 0) is 35.9 Å². The third-order valence-corrected chi connectivity index (χ3v) is 3.34. The van der Waals surface area contributed by atoms with Crippen LogP contribution in [0.3, 0.4) is 0 Å². The van der Waals surface area contributed by atoms with Crippen LogP contribution in [-0.2, 0) is 4.79 Å². The number of benzene rings is 2. The quantitative estimate of drug-likeness (QED) is 0.664. The van der Waals surface area contributed by atoms with E-state index in [1.165, 1.54) is 6.21 Å². The van der Waals surface area contributed by atoms with Gasteiger partial charge in [0.05, 0.1) is 11.8 Å². The largest absolute Gasteiger partial charge is 0.486 e. The Balaban J connectivity index is 1.52. The van der Waals surface area contributed by atoms with Crippen LogP contribution in [0, 0.1) is 11.3 Å². The number of nitrogens with one attached hydrogen (secondary N) is 1. The van der Waals surface area contributed by atoms with Crippen LogP contribution in [0.5, 0.6) is 17.2 Å². The van der Waals surface area contributed by atoms with Crippen LogP contribution >= 0.6 is 0 Å². The van der Waals surface area contributed by atoms with Gasteiger partial charge in [0.1, 0.15) is 25.0 Å². The second-order valence-corrected chi connectivity index (χ2v) is 5.09. The SMILES string of the molecule is N#Cc1ccccc1OCC(=O)N/N=C/c1ccc2c(c1)OCCO2. The summed E-state index contributed by atoms with van der Waals surface area (Å²) in [6.45, 7) is 0.800. The van der Waals surface area contributed by atoms with E-state index in [4.69, 9.17) is 19.5 Å². The number of amides is 1. The molecule has 1 heterocycles. The van der Waals surface area contributed by atoms with Crippen molar-refractivity contribution in [2.75, 3.05) is 19.8 Å². The van der Waals surface area contributed by atoms with Gasteiger partial charge in [-0.25, -0.2) is 5.43 Å². The first kappa shape index (κ1) is 16.3. The van der Waals surface area contributed by atoms with Crippen molar-refractivity contribution in [3.8, 4) is 23.3 Å². The van der Waals surface area contributed by atoms with Gasteiger partial charge < -0.3 is 14.2 Å². The lowest BCUT2D eigenvalue weighted by atomic mass is 10.2. The number of hydrogen-bond acceptors (Lipinski definition) is 6. The Morgan fingerprint density at radius 2 is 2.04 bits per heavy atom. The van der Waals surface area contributed by atoms with Crippen LogP contribution < -0.4 is 19.6 Å². The second-order valence-electron chi connectivity index (χ2n) is 5.09. The molecule has 1 N–H and O–H groups in total. The van der Waals surface area contributed by atoms with E-state index in [1.54, 1.807) is 36.4 Å². The van der Waals surface area contributed by atoms with Crippen molar-refractivity contribution in [3.05, 3.63) is 53.6 Å². The zero-order valence-corrected chi connectivity index (χ0v) is 13.3. The van der Waals surface area contributed by atoms with Gasteiger partial charge >= 0.3 is 0 Å². The molecule has 0 aliphatic carbocycles. The van der Waals surface area contributed by atoms with Crippen LogP contribution in [0.15, 0.2) is 47.6 Å². The summed E-state index contributed by atoms with van der Waals surface area (Å²) in [5.41, 5.74) is 3.50. The minimum Gasteiger partial charge on any atom is -0.486 e. The number of fused-ring (bicyclic) bond motifs is 1. The molecule has 2 aromatic carbocycles. The minimum atomic E-state index is -0.429. The number of nitriles is 1. The summed E-state index contributed by atoms with van der Waals surface area (Å²) in [7, 11) is 0. The molecule has 0 saturated heterocycles. The molecule has 126 valence electrons. The third-order valence-electron chi connectivity index (χ3n) is 3.34. The number of rotatable bonds is 5. The highest BCUT2D eigenvalue weighted by Gasteiger charge is 2.11. The zero-order chi connectivity index (χ0) is 17.5. The molecule has 2 aromatic rings. The van der Waals surface area contributed by atoms with Crippen molar-refractivity contribution in [2.45, 2.75) is 0 Å². The third kappa shape index (κ3) is 4.26. The van der Waals surface area contributed by atoms with Crippen molar-refractivity contribution < 1.29 is 19.0 Å². The smallest absolute Gasteiger partial charge is 0.277 e. The van der Waals surface area contributed by atoms with Crippen LogP contribution in [0.25, 0.3) is 0 Å². The molecule has 0 atom stereocenters. The van der Waals surface area contributed by atoms with Crippen molar-refractivity contribution in [2.24, 2.45) is 5.10 Å². The predicted octanol–water partition coefficient (Wildman–Crippen LogP) is 1.86. The Labute approximate surface area is 144 Å². The summed E-state index contributed by atoms with van der Waals surface area (Å²) >= 11 is 0. The lowest BCUT2D eigenvalue weighted by Gasteiger charge is -2.18. The average molecular weight is 337 g/mol. The molecule has 0 fully saturated rings. The van der Waals surface area contributed by atoms with E-state index in [1.807, 2.05) is 12.1 Å². The van der Waals surface area contributed by atoms with Gasteiger partial charge in [0, 0.05) is 0 Å². The fourth-order valence-electron chi connectivity index (χ4n) is 2.18. The van der Waals surface area contributed by atoms with Crippen LogP contribution in [0.4, 0.5) is 0 Å². The van der Waals surface area contributed by atoms with Gasteiger partial charge in [0.15, 0.2) is 18.1 Å². The maximum Gasteiger partial charge on any atom is 0.277 e. The Morgan fingerprint density at radius 1 is 1.24 bits per heavy atom. The monoisotopic (exact) mass is 337 g/mol. The molecule has 0 saturated carbocycles. The van der Waals surface area contributed by atoms with E-state index in [2.05, 4.69) is 10.5 Å². The molecule has 0 aromatic heterocycles. The molecule has 7 nitrogen and oxygen atoms in total. The summed E-state index contributed by atoms with van der Waals surface area (Å²) in [6, 6.07) is 14.1. The highest BCUT2D eigenvalue weighted by molar-refractivity contribution is 5.83. The van der Waals surface area contributed by atoms with Crippen LogP contribution in [0.1, 0.15) is 11.1 Å². The van der Waals surface area contributed by atoms with Gasteiger partial charge in [-0.15, -0.1) is 0 Å². The van der Waals surface area contributed by atoms with E-state index in [0.717, 1.165) is 5.56 Å². The molecule has 0 unspecified atom stereocenters. The Morgan fingerprint density at radius 3 is 2.88 bits per heavy atom. The maximum atomic E-state index is 11.8. The van der Waals surface area contributed by atoms with Crippen molar-refractivity contribution >= 4 is 12.1 Å². The molecule has 3 rings (SSSR count). The number of carbonyl (C=O) groups excluding carboxylic acids is 1. The van der Waals surface area contributed by atoms with Gasteiger partial charge in [-0.2, -0.15) is 10.4 Å². The van der Waals surface area contributed by atoms with Crippen molar-refractivity contribution in [3.63, 3.8) is 0 Å². The number of ether oxygens (including phenoxy) is 3. The van der Waals surface area contributed by atoms with Crippen LogP contribution in [0.2, 0.25) is 0 Å². The molecular weight excluding hydrogens is 322 g/mol. The van der Waals surface area contributed by atoms with Gasteiger partial charge in [0.25, 0.3) is 5.91 Å². The van der Waals surface area contributed by atoms with Crippen molar-refractivity contribution in [1.82, 2.24) is 5.43 Å². The topological polar surface area (TPSA) is 92.9 Å². The molecule has 1 aliphatic rings. The van der Waals surface area contributed by atoms with Crippen molar-refractivity contribution in [1.29, 1.82) is 5.26 Å². The Bertz CT molecular complexity index is 842. The fraction of sp³-hybridized carbons (Fsp3) is 0.167. The molecule has 1 amide bonds. The fourth-order valence-corrected chi connectivity index (χ4v) is 2.18. The molecule has 0 radical (unpaired) electrons.